The highest BCUT2D eigenvalue weighted by Gasteiger charge is 2.34. The molecule has 1 aliphatic rings. The number of Topliss-reactive ketones (excluding diaryl/α,β-unsaturated/α-hetero) is 1. The van der Waals surface area contributed by atoms with Crippen LogP contribution < -0.4 is 4.90 Å². The molecular weight excluding hydrogens is 282 g/mol. The maximum Gasteiger partial charge on any atom is 0.228 e. The van der Waals surface area contributed by atoms with Crippen molar-refractivity contribution in [3.8, 4) is 0 Å². The lowest BCUT2D eigenvalue weighted by Crippen LogP contribution is -2.27. The van der Waals surface area contributed by atoms with Crippen LogP contribution in [-0.2, 0) is 4.79 Å². The van der Waals surface area contributed by atoms with E-state index in [2.05, 4.69) is 0 Å². The lowest BCUT2D eigenvalue weighted by atomic mass is 9.87. The Labute approximate surface area is 122 Å². The molecule has 19 heavy (non-hydrogen) atoms. The van der Waals surface area contributed by atoms with Crippen molar-refractivity contribution < 1.29 is 9.59 Å². The van der Waals surface area contributed by atoms with Gasteiger partial charge in [0, 0.05) is 24.3 Å². The van der Waals surface area contributed by atoms with Crippen molar-refractivity contribution in [3.05, 3.63) is 17.0 Å². The SMILES string of the molecule is CC(C)(C)C(=O)c1ccsc1N1CC(CCl)CC1=O. The minimum Gasteiger partial charge on any atom is -0.303 e. The number of hydrogen-bond donors (Lipinski definition) is 0. The fourth-order valence-electron chi connectivity index (χ4n) is 2.17. The average Bonchev–Trinajstić information content (AvgIpc) is 2.92. The predicted octanol–water partition coefficient (Wildman–Crippen LogP) is 3.57. The number of anilines is 1. The summed E-state index contributed by atoms with van der Waals surface area (Å²) in [5.74, 6) is 0.812. The lowest BCUT2D eigenvalue weighted by Gasteiger charge is -2.20. The van der Waals surface area contributed by atoms with Crippen LogP contribution in [0.15, 0.2) is 11.4 Å². The van der Waals surface area contributed by atoms with Crippen molar-refractivity contribution >= 4 is 39.6 Å². The van der Waals surface area contributed by atoms with Crippen LogP contribution in [0.4, 0.5) is 5.00 Å². The molecule has 1 amide bonds. The Morgan fingerprint density at radius 1 is 1.53 bits per heavy atom. The normalized spacial score (nSPS) is 20.1. The molecule has 0 N–H and O–H groups in total. The molecule has 0 saturated carbocycles. The Morgan fingerprint density at radius 3 is 2.74 bits per heavy atom. The molecular formula is C14H18ClNO2S. The summed E-state index contributed by atoms with van der Waals surface area (Å²) in [5.41, 5.74) is 0.214. The zero-order valence-electron chi connectivity index (χ0n) is 11.4. The number of hydrogen-bond acceptors (Lipinski definition) is 3. The van der Waals surface area contributed by atoms with E-state index in [4.69, 9.17) is 11.6 Å². The van der Waals surface area contributed by atoms with Crippen molar-refractivity contribution in [2.24, 2.45) is 11.3 Å². The van der Waals surface area contributed by atoms with E-state index in [9.17, 15) is 9.59 Å². The number of nitrogens with zero attached hydrogens (tertiary/aromatic N) is 1. The summed E-state index contributed by atoms with van der Waals surface area (Å²) in [4.78, 5) is 26.2. The van der Waals surface area contributed by atoms with E-state index < -0.39 is 5.41 Å². The molecule has 1 aliphatic heterocycles. The highest BCUT2D eigenvalue weighted by atomic mass is 35.5. The maximum absolute atomic E-state index is 12.4. The quantitative estimate of drug-likeness (QED) is 0.632. The molecule has 3 nitrogen and oxygen atoms in total. The fourth-order valence-corrected chi connectivity index (χ4v) is 3.30. The van der Waals surface area contributed by atoms with Gasteiger partial charge >= 0.3 is 0 Å². The number of amides is 1. The van der Waals surface area contributed by atoms with Crippen LogP contribution >= 0.6 is 22.9 Å². The second-order valence-corrected chi connectivity index (χ2v) is 7.15. The van der Waals surface area contributed by atoms with Crippen LogP contribution in [0.3, 0.4) is 0 Å². The minimum atomic E-state index is -0.440. The van der Waals surface area contributed by atoms with Gasteiger partial charge in [0.2, 0.25) is 5.91 Å². The molecule has 104 valence electrons. The van der Waals surface area contributed by atoms with Crippen molar-refractivity contribution in [3.63, 3.8) is 0 Å². The van der Waals surface area contributed by atoms with Crippen LogP contribution in [0.2, 0.25) is 0 Å². The first-order chi connectivity index (χ1) is 8.84. The van der Waals surface area contributed by atoms with Gasteiger partial charge in [0.1, 0.15) is 5.00 Å². The second-order valence-electron chi connectivity index (χ2n) is 5.95. The summed E-state index contributed by atoms with van der Waals surface area (Å²) < 4.78 is 0. The Hall–Kier alpha value is -0.870. The number of rotatable bonds is 3. The summed E-state index contributed by atoms with van der Waals surface area (Å²) in [7, 11) is 0. The van der Waals surface area contributed by atoms with E-state index in [0.717, 1.165) is 5.00 Å². The van der Waals surface area contributed by atoms with E-state index in [0.29, 0.717) is 24.4 Å². The Bertz CT molecular complexity index is 504. The summed E-state index contributed by atoms with van der Waals surface area (Å²) >= 11 is 7.28. The fraction of sp³-hybridized carbons (Fsp3) is 0.571. The van der Waals surface area contributed by atoms with Gasteiger partial charge in [-0.15, -0.1) is 22.9 Å². The highest BCUT2D eigenvalue weighted by molar-refractivity contribution is 7.14. The molecule has 0 spiro atoms. The summed E-state index contributed by atoms with van der Waals surface area (Å²) in [5, 5.41) is 2.65. The van der Waals surface area contributed by atoms with Crippen LogP contribution in [0.25, 0.3) is 0 Å². The van der Waals surface area contributed by atoms with Gasteiger partial charge in [0.05, 0.1) is 5.56 Å². The van der Waals surface area contributed by atoms with Gasteiger partial charge in [0.15, 0.2) is 5.78 Å². The van der Waals surface area contributed by atoms with Crippen LogP contribution in [0.5, 0.6) is 0 Å². The standard InChI is InChI=1S/C14H18ClNO2S/c1-14(2,3)12(18)10-4-5-19-13(10)16-8-9(7-15)6-11(16)17/h4-5,9H,6-8H2,1-3H3. The number of alkyl halides is 1. The summed E-state index contributed by atoms with van der Waals surface area (Å²) in [6, 6.07) is 1.81. The molecule has 1 aromatic rings. The number of thiophene rings is 1. The Kier molecular flexibility index (Phi) is 4.02. The van der Waals surface area contributed by atoms with Gasteiger partial charge in [-0.3, -0.25) is 9.59 Å². The molecule has 2 heterocycles. The number of ketones is 1. The third-order valence-corrected chi connectivity index (χ3v) is 4.61. The first-order valence-corrected chi connectivity index (χ1v) is 7.74. The lowest BCUT2D eigenvalue weighted by molar-refractivity contribution is -0.117. The summed E-state index contributed by atoms with van der Waals surface area (Å²) in [6.45, 7) is 6.30. The zero-order chi connectivity index (χ0) is 14.2. The number of halogens is 1. The first kappa shape index (κ1) is 14.5. The van der Waals surface area contributed by atoms with Gasteiger partial charge in [-0.1, -0.05) is 20.8 Å². The van der Waals surface area contributed by atoms with Crippen LogP contribution in [0, 0.1) is 11.3 Å². The van der Waals surface area contributed by atoms with Crippen LogP contribution in [0.1, 0.15) is 37.6 Å². The smallest absolute Gasteiger partial charge is 0.228 e. The Balaban J connectivity index is 2.31. The van der Waals surface area contributed by atoms with E-state index in [1.54, 1.807) is 4.90 Å². The molecule has 0 aromatic carbocycles. The first-order valence-electron chi connectivity index (χ1n) is 6.33. The van der Waals surface area contributed by atoms with Gasteiger partial charge in [-0.2, -0.15) is 0 Å². The molecule has 0 aliphatic carbocycles. The molecule has 1 fully saturated rings. The number of carbonyl (C=O) groups is 2. The molecule has 2 rings (SSSR count). The Morgan fingerprint density at radius 2 is 2.21 bits per heavy atom. The minimum absolute atomic E-state index is 0.0658. The second kappa shape index (κ2) is 5.25. The largest absolute Gasteiger partial charge is 0.303 e. The molecule has 1 aromatic heterocycles. The van der Waals surface area contributed by atoms with Crippen molar-refractivity contribution in [1.82, 2.24) is 0 Å². The number of carbonyl (C=O) groups excluding carboxylic acids is 2. The van der Waals surface area contributed by atoms with Gasteiger partial charge in [-0.05, 0) is 17.4 Å². The molecule has 1 saturated heterocycles. The van der Waals surface area contributed by atoms with E-state index in [1.807, 2.05) is 32.2 Å². The van der Waals surface area contributed by atoms with E-state index in [1.165, 1.54) is 11.3 Å². The van der Waals surface area contributed by atoms with E-state index >= 15 is 0 Å². The van der Waals surface area contributed by atoms with Gasteiger partial charge in [-0.25, -0.2) is 0 Å². The van der Waals surface area contributed by atoms with Crippen molar-refractivity contribution in [2.75, 3.05) is 17.3 Å². The topological polar surface area (TPSA) is 37.4 Å². The third-order valence-electron chi connectivity index (χ3n) is 3.24. The van der Waals surface area contributed by atoms with Gasteiger partial charge in [0.25, 0.3) is 0 Å². The molecule has 5 heteroatoms. The third kappa shape index (κ3) is 2.84. The van der Waals surface area contributed by atoms with Gasteiger partial charge < -0.3 is 4.90 Å². The van der Waals surface area contributed by atoms with Crippen molar-refractivity contribution in [2.45, 2.75) is 27.2 Å². The molecule has 0 radical (unpaired) electrons. The molecule has 0 bridgehead atoms. The summed E-state index contributed by atoms with van der Waals surface area (Å²) in [6.07, 6.45) is 0.477. The maximum atomic E-state index is 12.4. The molecule has 1 unspecified atom stereocenters. The average molecular weight is 300 g/mol. The zero-order valence-corrected chi connectivity index (χ0v) is 13.0. The monoisotopic (exact) mass is 299 g/mol. The predicted molar refractivity (Wildman–Crippen MR) is 79.3 cm³/mol. The van der Waals surface area contributed by atoms with Crippen LogP contribution in [-0.4, -0.2) is 24.1 Å². The molecule has 1 atom stereocenters. The van der Waals surface area contributed by atoms with E-state index in [-0.39, 0.29) is 17.6 Å². The highest BCUT2D eigenvalue weighted by Crippen LogP contribution is 2.36. The van der Waals surface area contributed by atoms with Crippen molar-refractivity contribution in [1.29, 1.82) is 0 Å².